The number of hydrogen-bond acceptors (Lipinski definition) is 4. The molecule has 0 radical (unpaired) electrons. The molecule has 4 N–H and O–H groups in total. The number of halogens is 1. The van der Waals surface area contributed by atoms with Crippen LogP contribution < -0.4 is 16.4 Å². The number of hydrogen-bond donors (Lipinski definition) is 3. The van der Waals surface area contributed by atoms with Gasteiger partial charge in [-0.15, -0.1) is 35.7 Å². The van der Waals surface area contributed by atoms with Gasteiger partial charge in [0.15, 0.2) is 11.7 Å². The fourth-order valence-corrected chi connectivity index (χ4v) is 2.96. The summed E-state index contributed by atoms with van der Waals surface area (Å²) in [7, 11) is 0. The Morgan fingerprint density at radius 2 is 2.04 bits per heavy atom. The number of amides is 1. The van der Waals surface area contributed by atoms with Crippen molar-refractivity contribution in [1.29, 1.82) is 0 Å². The number of furan rings is 1. The van der Waals surface area contributed by atoms with E-state index in [9.17, 15) is 4.79 Å². The van der Waals surface area contributed by atoms with Gasteiger partial charge in [-0.25, -0.2) is 4.99 Å². The van der Waals surface area contributed by atoms with Crippen LogP contribution in [0, 0.1) is 6.92 Å². The SMILES string of the molecule is CCNC(=NCc1ccc(C)cc1SC)NCc1ccc(C(N)=O)o1.I. The van der Waals surface area contributed by atoms with Crippen molar-refractivity contribution in [3.63, 3.8) is 0 Å². The normalized spacial score (nSPS) is 11.0. The molecule has 142 valence electrons. The second kappa shape index (κ2) is 11.1. The Kier molecular flexibility index (Phi) is 9.57. The predicted octanol–water partition coefficient (Wildman–Crippen LogP) is 3.28. The van der Waals surface area contributed by atoms with Gasteiger partial charge in [0.2, 0.25) is 0 Å². The van der Waals surface area contributed by atoms with Crippen molar-refractivity contribution in [2.45, 2.75) is 31.8 Å². The average molecular weight is 488 g/mol. The first-order chi connectivity index (χ1) is 12.0. The van der Waals surface area contributed by atoms with Crippen LogP contribution in [0.4, 0.5) is 0 Å². The first-order valence-corrected chi connectivity index (χ1v) is 9.30. The van der Waals surface area contributed by atoms with Gasteiger partial charge in [-0.3, -0.25) is 4.79 Å². The van der Waals surface area contributed by atoms with Crippen LogP contribution in [0.1, 0.15) is 34.4 Å². The minimum Gasteiger partial charge on any atom is -0.454 e. The summed E-state index contributed by atoms with van der Waals surface area (Å²) in [5.74, 6) is 0.894. The van der Waals surface area contributed by atoms with Crippen LogP contribution >= 0.6 is 35.7 Å². The molecule has 0 saturated carbocycles. The molecule has 0 aliphatic heterocycles. The maximum absolute atomic E-state index is 11.1. The Morgan fingerprint density at radius 3 is 2.65 bits per heavy atom. The lowest BCUT2D eigenvalue weighted by Crippen LogP contribution is -2.36. The summed E-state index contributed by atoms with van der Waals surface area (Å²) < 4.78 is 5.36. The smallest absolute Gasteiger partial charge is 0.284 e. The van der Waals surface area contributed by atoms with E-state index in [4.69, 9.17) is 10.2 Å². The van der Waals surface area contributed by atoms with Crippen LogP contribution in [0.2, 0.25) is 0 Å². The molecule has 6 nitrogen and oxygen atoms in total. The number of thioether (sulfide) groups is 1. The molecule has 0 aliphatic carbocycles. The lowest BCUT2D eigenvalue weighted by molar-refractivity contribution is 0.0972. The van der Waals surface area contributed by atoms with E-state index in [1.807, 2.05) is 6.92 Å². The number of carbonyl (C=O) groups excluding carboxylic acids is 1. The zero-order valence-electron chi connectivity index (χ0n) is 15.2. The Hall–Kier alpha value is -1.68. The van der Waals surface area contributed by atoms with Crippen LogP contribution in [0.25, 0.3) is 0 Å². The van der Waals surface area contributed by atoms with Gasteiger partial charge in [-0.2, -0.15) is 0 Å². The third kappa shape index (κ3) is 6.56. The van der Waals surface area contributed by atoms with Gasteiger partial charge in [0.25, 0.3) is 5.91 Å². The third-order valence-electron chi connectivity index (χ3n) is 3.53. The quantitative estimate of drug-likeness (QED) is 0.241. The van der Waals surface area contributed by atoms with Crippen molar-refractivity contribution in [2.75, 3.05) is 12.8 Å². The van der Waals surface area contributed by atoms with Crippen molar-refractivity contribution in [1.82, 2.24) is 10.6 Å². The van der Waals surface area contributed by atoms with Crippen LogP contribution in [-0.2, 0) is 13.1 Å². The summed E-state index contributed by atoms with van der Waals surface area (Å²) in [6.45, 7) is 5.84. The standard InChI is InChI=1S/C18H24N4O2S.HI/c1-4-20-18(22-11-14-7-8-15(24-14)17(19)23)21-10-13-6-5-12(2)9-16(13)25-3;/h5-9H,4,10-11H2,1-3H3,(H2,19,23)(H2,20,21,22);1H. The number of rotatable bonds is 7. The molecule has 0 aliphatic rings. The number of benzene rings is 1. The van der Waals surface area contributed by atoms with Crippen molar-refractivity contribution in [3.8, 4) is 0 Å². The van der Waals surface area contributed by atoms with Crippen molar-refractivity contribution < 1.29 is 9.21 Å². The minimum absolute atomic E-state index is 0. The molecule has 2 aromatic rings. The largest absolute Gasteiger partial charge is 0.454 e. The highest BCUT2D eigenvalue weighted by atomic mass is 127. The molecule has 2 rings (SSSR count). The summed E-state index contributed by atoms with van der Waals surface area (Å²) in [6, 6.07) is 9.67. The van der Waals surface area contributed by atoms with E-state index in [1.54, 1.807) is 23.9 Å². The number of aryl methyl sites for hydroxylation is 1. The van der Waals surface area contributed by atoms with E-state index in [2.05, 4.69) is 47.0 Å². The van der Waals surface area contributed by atoms with Crippen LogP contribution in [0.15, 0.2) is 44.6 Å². The average Bonchev–Trinajstić information content (AvgIpc) is 3.07. The van der Waals surface area contributed by atoms with E-state index in [0.29, 0.717) is 24.8 Å². The molecule has 1 heterocycles. The molecule has 0 bridgehead atoms. The van der Waals surface area contributed by atoms with E-state index in [0.717, 1.165) is 6.54 Å². The predicted molar refractivity (Wildman–Crippen MR) is 117 cm³/mol. The Morgan fingerprint density at radius 1 is 1.27 bits per heavy atom. The van der Waals surface area contributed by atoms with Gasteiger partial charge in [-0.1, -0.05) is 12.1 Å². The molecule has 0 unspecified atom stereocenters. The minimum atomic E-state index is -0.573. The molecule has 0 saturated heterocycles. The van der Waals surface area contributed by atoms with Gasteiger partial charge in [0.1, 0.15) is 5.76 Å². The first-order valence-electron chi connectivity index (χ1n) is 8.07. The maximum Gasteiger partial charge on any atom is 0.284 e. The highest BCUT2D eigenvalue weighted by molar-refractivity contribution is 14.0. The second-order valence-electron chi connectivity index (χ2n) is 5.49. The van der Waals surface area contributed by atoms with Gasteiger partial charge < -0.3 is 20.8 Å². The third-order valence-corrected chi connectivity index (χ3v) is 4.35. The van der Waals surface area contributed by atoms with Gasteiger partial charge in [-0.05, 0) is 49.4 Å². The Bertz CT molecular complexity index is 761. The molecule has 1 aromatic carbocycles. The molecule has 1 aromatic heterocycles. The maximum atomic E-state index is 11.1. The topological polar surface area (TPSA) is 92.6 Å². The Balaban J connectivity index is 0.00000338. The first kappa shape index (κ1) is 22.4. The lowest BCUT2D eigenvalue weighted by atomic mass is 10.1. The van der Waals surface area contributed by atoms with Crippen LogP contribution in [-0.4, -0.2) is 24.7 Å². The van der Waals surface area contributed by atoms with E-state index >= 15 is 0 Å². The molecule has 26 heavy (non-hydrogen) atoms. The zero-order valence-corrected chi connectivity index (χ0v) is 18.3. The van der Waals surface area contributed by atoms with Crippen molar-refractivity contribution in [2.24, 2.45) is 10.7 Å². The van der Waals surface area contributed by atoms with Crippen molar-refractivity contribution in [3.05, 3.63) is 53.0 Å². The highest BCUT2D eigenvalue weighted by Gasteiger charge is 2.08. The van der Waals surface area contributed by atoms with E-state index < -0.39 is 5.91 Å². The second-order valence-corrected chi connectivity index (χ2v) is 6.34. The number of primary amides is 1. The fourth-order valence-electron chi connectivity index (χ4n) is 2.26. The fraction of sp³-hybridized carbons (Fsp3) is 0.333. The van der Waals surface area contributed by atoms with Crippen LogP contribution in [0.3, 0.4) is 0 Å². The molecular formula is C18H25IN4O2S. The van der Waals surface area contributed by atoms with E-state index in [1.165, 1.54) is 16.0 Å². The number of aliphatic imine (C=N–C) groups is 1. The number of carbonyl (C=O) groups is 1. The van der Waals surface area contributed by atoms with Gasteiger partial charge in [0, 0.05) is 11.4 Å². The monoisotopic (exact) mass is 488 g/mol. The number of nitrogens with zero attached hydrogens (tertiary/aromatic N) is 1. The number of guanidine groups is 1. The van der Waals surface area contributed by atoms with Crippen molar-refractivity contribution >= 4 is 47.6 Å². The summed E-state index contributed by atoms with van der Waals surface area (Å²) in [4.78, 5) is 16.9. The summed E-state index contributed by atoms with van der Waals surface area (Å²) in [5, 5.41) is 6.39. The molecule has 1 amide bonds. The molecule has 0 spiro atoms. The van der Waals surface area contributed by atoms with Crippen LogP contribution in [0.5, 0.6) is 0 Å². The molecular weight excluding hydrogens is 463 g/mol. The highest BCUT2D eigenvalue weighted by Crippen LogP contribution is 2.22. The Labute approximate surface area is 175 Å². The summed E-state index contributed by atoms with van der Waals surface area (Å²) >= 11 is 1.72. The van der Waals surface area contributed by atoms with Gasteiger partial charge >= 0.3 is 0 Å². The lowest BCUT2D eigenvalue weighted by Gasteiger charge is -2.11. The van der Waals surface area contributed by atoms with E-state index in [-0.39, 0.29) is 29.7 Å². The summed E-state index contributed by atoms with van der Waals surface area (Å²) in [6.07, 6.45) is 2.07. The molecule has 8 heteroatoms. The zero-order chi connectivity index (χ0) is 18.2. The molecule has 0 atom stereocenters. The molecule has 0 fully saturated rings. The van der Waals surface area contributed by atoms with Gasteiger partial charge in [0.05, 0.1) is 13.1 Å². The summed E-state index contributed by atoms with van der Waals surface area (Å²) in [5.41, 5.74) is 7.62. The number of nitrogens with two attached hydrogens (primary N) is 1. The number of nitrogens with one attached hydrogen (secondary N) is 2.